The highest BCUT2D eigenvalue weighted by atomic mass is 35.5. The number of ether oxygens (including phenoxy) is 1. The summed E-state index contributed by atoms with van der Waals surface area (Å²) < 4.78 is 5.63. The SMILES string of the molecule is C[C@@H](O)c1ccc(Oc2ccc(Cl)cc2N)cc1. The number of hydrogen-bond donors (Lipinski definition) is 2. The van der Waals surface area contributed by atoms with Gasteiger partial charge in [-0.05, 0) is 42.8 Å². The number of aliphatic hydroxyl groups is 1. The van der Waals surface area contributed by atoms with Crippen molar-refractivity contribution in [3.05, 3.63) is 53.1 Å². The molecule has 0 aliphatic rings. The molecule has 0 radical (unpaired) electrons. The smallest absolute Gasteiger partial charge is 0.150 e. The van der Waals surface area contributed by atoms with Crippen LogP contribution < -0.4 is 10.5 Å². The van der Waals surface area contributed by atoms with Crippen LogP contribution in [0.5, 0.6) is 11.5 Å². The van der Waals surface area contributed by atoms with Crippen molar-refractivity contribution in [1.82, 2.24) is 0 Å². The van der Waals surface area contributed by atoms with E-state index in [-0.39, 0.29) is 0 Å². The van der Waals surface area contributed by atoms with E-state index in [0.29, 0.717) is 22.2 Å². The molecular formula is C14H14ClNO2. The Hall–Kier alpha value is -1.71. The fraction of sp³-hybridized carbons (Fsp3) is 0.143. The fourth-order valence-electron chi connectivity index (χ4n) is 1.55. The quantitative estimate of drug-likeness (QED) is 0.829. The highest BCUT2D eigenvalue weighted by Crippen LogP contribution is 2.30. The first-order valence-electron chi connectivity index (χ1n) is 5.57. The van der Waals surface area contributed by atoms with Crippen LogP contribution in [0, 0.1) is 0 Å². The van der Waals surface area contributed by atoms with E-state index in [4.69, 9.17) is 22.1 Å². The third-order valence-electron chi connectivity index (χ3n) is 2.56. The predicted octanol–water partition coefficient (Wildman–Crippen LogP) is 3.77. The van der Waals surface area contributed by atoms with Crippen LogP contribution in [0.25, 0.3) is 0 Å². The molecule has 0 saturated carbocycles. The average Bonchev–Trinajstić information content (AvgIpc) is 2.33. The Kier molecular flexibility index (Phi) is 3.75. The zero-order chi connectivity index (χ0) is 13.1. The van der Waals surface area contributed by atoms with E-state index in [1.807, 2.05) is 12.1 Å². The molecule has 0 spiro atoms. The fourth-order valence-corrected chi connectivity index (χ4v) is 1.73. The largest absolute Gasteiger partial charge is 0.455 e. The number of rotatable bonds is 3. The molecule has 0 aliphatic carbocycles. The molecule has 2 aromatic carbocycles. The molecule has 0 bridgehead atoms. The number of aliphatic hydroxyl groups excluding tert-OH is 1. The normalized spacial score (nSPS) is 12.2. The summed E-state index contributed by atoms with van der Waals surface area (Å²) in [6.45, 7) is 1.72. The second kappa shape index (κ2) is 5.29. The number of nitrogens with two attached hydrogens (primary N) is 1. The summed E-state index contributed by atoms with van der Waals surface area (Å²) in [7, 11) is 0. The molecule has 18 heavy (non-hydrogen) atoms. The molecule has 0 amide bonds. The Labute approximate surface area is 111 Å². The van der Waals surface area contributed by atoms with Gasteiger partial charge in [0.2, 0.25) is 0 Å². The lowest BCUT2D eigenvalue weighted by Crippen LogP contribution is -1.93. The monoisotopic (exact) mass is 263 g/mol. The summed E-state index contributed by atoms with van der Waals surface area (Å²) in [5.74, 6) is 1.22. The maximum atomic E-state index is 9.40. The highest BCUT2D eigenvalue weighted by molar-refractivity contribution is 6.30. The number of nitrogen functional groups attached to an aromatic ring is 1. The van der Waals surface area contributed by atoms with Crippen LogP contribution in [0.3, 0.4) is 0 Å². The first-order chi connectivity index (χ1) is 8.56. The van der Waals surface area contributed by atoms with Gasteiger partial charge < -0.3 is 15.6 Å². The van der Waals surface area contributed by atoms with E-state index < -0.39 is 6.10 Å². The summed E-state index contributed by atoms with van der Waals surface area (Å²) in [6.07, 6.45) is -0.486. The van der Waals surface area contributed by atoms with Gasteiger partial charge in [0.05, 0.1) is 11.8 Å². The minimum atomic E-state index is -0.486. The molecule has 3 nitrogen and oxygen atoms in total. The van der Waals surface area contributed by atoms with Crippen LogP contribution >= 0.6 is 11.6 Å². The van der Waals surface area contributed by atoms with Crippen LogP contribution in [0.2, 0.25) is 5.02 Å². The number of hydrogen-bond acceptors (Lipinski definition) is 3. The van der Waals surface area contributed by atoms with Gasteiger partial charge >= 0.3 is 0 Å². The van der Waals surface area contributed by atoms with Crippen molar-refractivity contribution in [2.45, 2.75) is 13.0 Å². The van der Waals surface area contributed by atoms with E-state index in [0.717, 1.165) is 5.56 Å². The van der Waals surface area contributed by atoms with Crippen LogP contribution in [0.15, 0.2) is 42.5 Å². The molecule has 3 N–H and O–H groups in total. The zero-order valence-corrected chi connectivity index (χ0v) is 10.7. The minimum absolute atomic E-state index is 0.486. The molecule has 0 unspecified atom stereocenters. The lowest BCUT2D eigenvalue weighted by Gasteiger charge is -2.10. The number of benzene rings is 2. The first kappa shape index (κ1) is 12.7. The summed E-state index contributed by atoms with van der Waals surface area (Å²) in [4.78, 5) is 0. The Morgan fingerprint density at radius 1 is 1.17 bits per heavy atom. The van der Waals surface area contributed by atoms with Gasteiger partial charge in [0.15, 0.2) is 0 Å². The van der Waals surface area contributed by atoms with E-state index in [2.05, 4.69) is 0 Å². The number of halogens is 1. The molecule has 0 aliphatic heterocycles. The topological polar surface area (TPSA) is 55.5 Å². The molecule has 2 aromatic rings. The molecule has 0 aromatic heterocycles. The third kappa shape index (κ3) is 2.94. The van der Waals surface area contributed by atoms with Crippen LogP contribution in [0.1, 0.15) is 18.6 Å². The van der Waals surface area contributed by atoms with Crippen LogP contribution in [-0.2, 0) is 0 Å². The van der Waals surface area contributed by atoms with E-state index >= 15 is 0 Å². The van der Waals surface area contributed by atoms with Gasteiger partial charge in [-0.3, -0.25) is 0 Å². The van der Waals surface area contributed by atoms with Gasteiger partial charge in [-0.2, -0.15) is 0 Å². The average molecular weight is 264 g/mol. The maximum Gasteiger partial charge on any atom is 0.150 e. The lowest BCUT2D eigenvalue weighted by atomic mass is 10.1. The van der Waals surface area contributed by atoms with Crippen LogP contribution in [-0.4, -0.2) is 5.11 Å². The second-order valence-corrected chi connectivity index (χ2v) is 4.47. The molecule has 0 saturated heterocycles. The summed E-state index contributed by atoms with van der Waals surface area (Å²) >= 11 is 5.81. The van der Waals surface area contributed by atoms with Crippen molar-refractivity contribution in [3.63, 3.8) is 0 Å². The zero-order valence-electron chi connectivity index (χ0n) is 9.93. The standard InChI is InChI=1S/C14H14ClNO2/c1-9(17)10-2-5-12(6-3-10)18-14-7-4-11(15)8-13(14)16/h2-9,17H,16H2,1H3/t9-/m1/s1. The van der Waals surface area contributed by atoms with Crippen molar-refractivity contribution in [2.75, 3.05) is 5.73 Å². The Morgan fingerprint density at radius 3 is 2.39 bits per heavy atom. The van der Waals surface area contributed by atoms with Gasteiger partial charge in [0, 0.05) is 5.02 Å². The molecular weight excluding hydrogens is 250 g/mol. The Balaban J connectivity index is 2.18. The summed E-state index contributed by atoms with van der Waals surface area (Å²) in [5, 5.41) is 9.98. The van der Waals surface area contributed by atoms with Crippen molar-refractivity contribution in [3.8, 4) is 11.5 Å². The van der Waals surface area contributed by atoms with Crippen molar-refractivity contribution < 1.29 is 9.84 Å². The molecule has 2 rings (SSSR count). The molecule has 4 heteroatoms. The Bertz CT molecular complexity index is 538. The van der Waals surface area contributed by atoms with Crippen LogP contribution in [0.4, 0.5) is 5.69 Å². The van der Waals surface area contributed by atoms with Gasteiger partial charge in [-0.15, -0.1) is 0 Å². The van der Waals surface area contributed by atoms with Gasteiger partial charge in [0.1, 0.15) is 11.5 Å². The van der Waals surface area contributed by atoms with Gasteiger partial charge in [0.25, 0.3) is 0 Å². The van der Waals surface area contributed by atoms with Crippen molar-refractivity contribution in [2.24, 2.45) is 0 Å². The van der Waals surface area contributed by atoms with Gasteiger partial charge in [-0.1, -0.05) is 23.7 Å². The first-order valence-corrected chi connectivity index (χ1v) is 5.95. The highest BCUT2D eigenvalue weighted by Gasteiger charge is 2.04. The maximum absolute atomic E-state index is 9.40. The predicted molar refractivity (Wildman–Crippen MR) is 73.0 cm³/mol. The third-order valence-corrected chi connectivity index (χ3v) is 2.80. The molecule has 0 fully saturated rings. The number of anilines is 1. The van der Waals surface area contributed by atoms with Crippen molar-refractivity contribution in [1.29, 1.82) is 0 Å². The summed E-state index contributed by atoms with van der Waals surface area (Å²) in [6, 6.07) is 12.3. The van der Waals surface area contributed by atoms with E-state index in [1.54, 1.807) is 37.3 Å². The van der Waals surface area contributed by atoms with Crippen molar-refractivity contribution >= 4 is 17.3 Å². The molecule has 0 heterocycles. The lowest BCUT2D eigenvalue weighted by molar-refractivity contribution is 0.199. The van der Waals surface area contributed by atoms with E-state index in [9.17, 15) is 5.11 Å². The molecule has 94 valence electrons. The van der Waals surface area contributed by atoms with Gasteiger partial charge in [-0.25, -0.2) is 0 Å². The molecule has 1 atom stereocenters. The minimum Gasteiger partial charge on any atom is -0.455 e. The van der Waals surface area contributed by atoms with E-state index in [1.165, 1.54) is 0 Å². The Morgan fingerprint density at radius 2 is 1.83 bits per heavy atom. The summed E-state index contributed by atoms with van der Waals surface area (Å²) in [5.41, 5.74) is 7.13. The second-order valence-electron chi connectivity index (χ2n) is 4.03.